The van der Waals surface area contributed by atoms with Gasteiger partial charge in [-0.3, -0.25) is 4.79 Å². The third kappa shape index (κ3) is 1.57. The number of carbonyl (C=O) groups excluding carboxylic acids is 1. The number of piperidine rings is 1. The molecule has 2 unspecified atom stereocenters. The highest BCUT2D eigenvalue weighted by Crippen LogP contribution is 2.57. The van der Waals surface area contributed by atoms with Crippen LogP contribution < -0.4 is 10.4 Å². The van der Waals surface area contributed by atoms with Gasteiger partial charge in [-0.1, -0.05) is 23.5 Å². The maximum Gasteiger partial charge on any atom is 0.265 e. The zero-order valence-corrected chi connectivity index (χ0v) is 11.7. The molecule has 2 fully saturated rings. The summed E-state index contributed by atoms with van der Waals surface area (Å²) in [6, 6.07) is 6.15. The summed E-state index contributed by atoms with van der Waals surface area (Å²) in [6.45, 7) is 3.28. The number of fused-ring (bicyclic) bond motifs is 2. The molecule has 4 heteroatoms. The second-order valence-corrected chi connectivity index (χ2v) is 6.59. The van der Waals surface area contributed by atoms with Crippen LogP contribution in [0.4, 0.5) is 10.2 Å². The third-order valence-corrected chi connectivity index (χ3v) is 5.15. The predicted molar refractivity (Wildman–Crippen MR) is 75.1 cm³/mol. The monoisotopic (exact) mass is 274 g/mol. The lowest BCUT2D eigenvalue weighted by atomic mass is 9.89. The first-order chi connectivity index (χ1) is 9.62. The van der Waals surface area contributed by atoms with Crippen LogP contribution in [0.25, 0.3) is 0 Å². The van der Waals surface area contributed by atoms with Crippen molar-refractivity contribution in [1.82, 2.24) is 5.32 Å². The summed E-state index contributed by atoms with van der Waals surface area (Å²) in [5.74, 6) is 0.355. The maximum atomic E-state index is 13.9. The molecule has 1 saturated carbocycles. The number of amides is 1. The summed E-state index contributed by atoms with van der Waals surface area (Å²) in [4.78, 5) is 12.0. The molecule has 106 valence electrons. The van der Waals surface area contributed by atoms with E-state index in [0.717, 1.165) is 37.3 Å². The Hall–Kier alpha value is -1.42. The van der Waals surface area contributed by atoms with Crippen molar-refractivity contribution in [3.63, 3.8) is 0 Å². The second kappa shape index (κ2) is 4.04. The number of carbonyl (C=O) groups is 1. The fourth-order valence-corrected chi connectivity index (χ4v) is 3.63. The van der Waals surface area contributed by atoms with Crippen molar-refractivity contribution in [2.45, 2.75) is 44.1 Å². The number of hydrogen-bond donors (Lipinski definition) is 1. The lowest BCUT2D eigenvalue weighted by Crippen LogP contribution is -2.31. The molecule has 1 aromatic carbocycles. The molecule has 1 N–H and O–H groups in total. The second-order valence-electron chi connectivity index (χ2n) is 6.59. The molecule has 0 aromatic heterocycles. The van der Waals surface area contributed by atoms with E-state index in [2.05, 4.69) is 18.3 Å². The number of benzene rings is 1. The van der Waals surface area contributed by atoms with E-state index in [-0.39, 0.29) is 5.91 Å². The number of halogens is 1. The lowest BCUT2D eigenvalue weighted by Gasteiger charge is -2.28. The van der Waals surface area contributed by atoms with Gasteiger partial charge in [0.2, 0.25) is 0 Å². The topological polar surface area (TPSA) is 32.3 Å². The van der Waals surface area contributed by atoms with Crippen molar-refractivity contribution < 1.29 is 9.28 Å². The first kappa shape index (κ1) is 12.3. The fraction of sp³-hybridized carbons (Fsp3) is 0.562. The van der Waals surface area contributed by atoms with Gasteiger partial charge < -0.3 is 5.32 Å². The third-order valence-electron chi connectivity index (χ3n) is 5.15. The number of nitrogens with zero attached hydrogens (tertiary/aromatic N) is 1. The number of nitrogens with one attached hydrogen (secondary N) is 1. The molecule has 1 aromatic rings. The molecular weight excluding hydrogens is 255 g/mol. The molecule has 2 atom stereocenters. The largest absolute Gasteiger partial charge is 0.310 e. The zero-order chi connectivity index (χ0) is 13.9. The van der Waals surface area contributed by atoms with Crippen molar-refractivity contribution in [3.8, 4) is 0 Å². The average molecular weight is 274 g/mol. The number of anilines is 1. The molecule has 1 amide bonds. The van der Waals surface area contributed by atoms with E-state index in [1.165, 1.54) is 12.0 Å². The van der Waals surface area contributed by atoms with Crippen molar-refractivity contribution in [2.75, 3.05) is 11.7 Å². The molecule has 3 nitrogen and oxygen atoms in total. The Bertz CT molecular complexity index is 574. The Morgan fingerprint density at radius 2 is 2.15 bits per heavy atom. The van der Waals surface area contributed by atoms with Crippen molar-refractivity contribution >= 4 is 11.6 Å². The molecule has 3 aliphatic rings. The van der Waals surface area contributed by atoms with Crippen LogP contribution in [0.3, 0.4) is 0 Å². The van der Waals surface area contributed by atoms with Crippen LogP contribution in [0, 0.1) is 5.92 Å². The Balaban J connectivity index is 1.69. The average Bonchev–Trinajstić information content (AvgIpc) is 3.24. The van der Waals surface area contributed by atoms with Crippen LogP contribution in [0.2, 0.25) is 0 Å². The predicted octanol–water partition coefficient (Wildman–Crippen LogP) is 3.01. The molecule has 1 saturated heterocycles. The van der Waals surface area contributed by atoms with Crippen LogP contribution in [-0.2, 0) is 10.2 Å². The van der Waals surface area contributed by atoms with Gasteiger partial charge in [-0.05, 0) is 55.3 Å². The summed E-state index contributed by atoms with van der Waals surface area (Å²) in [7, 11) is 0. The highest BCUT2D eigenvalue weighted by Gasteiger charge is 2.60. The van der Waals surface area contributed by atoms with E-state index in [9.17, 15) is 9.28 Å². The van der Waals surface area contributed by atoms with E-state index in [1.54, 1.807) is 6.07 Å². The molecule has 2 heterocycles. The Morgan fingerprint density at radius 1 is 1.35 bits per heavy atom. The highest BCUT2D eigenvalue weighted by atomic mass is 19.2. The summed E-state index contributed by atoms with van der Waals surface area (Å²) < 4.78 is 13.9. The SMILES string of the molecule is CC1CCC(c2ccc3c(c2)C2(CC2)C(=O)N3F)NC1. The van der Waals surface area contributed by atoms with Gasteiger partial charge in [0.1, 0.15) is 0 Å². The quantitative estimate of drug-likeness (QED) is 0.798. The zero-order valence-electron chi connectivity index (χ0n) is 11.7. The minimum atomic E-state index is -0.526. The molecule has 0 bridgehead atoms. The van der Waals surface area contributed by atoms with Gasteiger partial charge in [0, 0.05) is 6.04 Å². The Kier molecular flexibility index (Phi) is 2.49. The van der Waals surface area contributed by atoms with Gasteiger partial charge in [0.25, 0.3) is 5.91 Å². The standard InChI is InChI=1S/C16H19FN2O/c1-10-2-4-13(18-9-10)11-3-5-14-12(8-11)16(6-7-16)15(20)19(14)17/h3,5,8,10,13,18H,2,4,6-7,9H2,1H3. The molecule has 1 spiro atoms. The molecular formula is C16H19FN2O. The molecule has 4 rings (SSSR count). The highest BCUT2D eigenvalue weighted by molar-refractivity contribution is 6.08. The molecule has 0 radical (unpaired) electrons. The maximum absolute atomic E-state index is 13.9. The first-order valence-electron chi connectivity index (χ1n) is 7.50. The smallest absolute Gasteiger partial charge is 0.265 e. The summed E-state index contributed by atoms with van der Waals surface area (Å²) in [6.07, 6.45) is 3.91. The number of hydrogen-bond acceptors (Lipinski definition) is 2. The minimum absolute atomic E-state index is 0.344. The fourth-order valence-electron chi connectivity index (χ4n) is 3.63. The van der Waals surface area contributed by atoms with Gasteiger partial charge in [0.15, 0.2) is 0 Å². The number of rotatable bonds is 1. The Labute approximate surface area is 118 Å². The van der Waals surface area contributed by atoms with E-state index < -0.39 is 5.41 Å². The lowest BCUT2D eigenvalue weighted by molar-refractivity contribution is -0.122. The van der Waals surface area contributed by atoms with Crippen molar-refractivity contribution in [1.29, 1.82) is 0 Å². The Morgan fingerprint density at radius 3 is 2.80 bits per heavy atom. The van der Waals surface area contributed by atoms with Gasteiger partial charge in [-0.15, -0.1) is 5.12 Å². The molecule has 2 aliphatic heterocycles. The van der Waals surface area contributed by atoms with Crippen molar-refractivity contribution in [3.05, 3.63) is 29.3 Å². The van der Waals surface area contributed by atoms with E-state index in [0.29, 0.717) is 16.9 Å². The summed E-state index contributed by atoms with van der Waals surface area (Å²) >= 11 is 0. The molecule has 20 heavy (non-hydrogen) atoms. The summed E-state index contributed by atoms with van der Waals surface area (Å²) in [5.41, 5.74) is 2.04. The van der Waals surface area contributed by atoms with E-state index in [1.807, 2.05) is 6.07 Å². The van der Waals surface area contributed by atoms with Crippen LogP contribution in [0.15, 0.2) is 18.2 Å². The minimum Gasteiger partial charge on any atom is -0.310 e. The van der Waals surface area contributed by atoms with Gasteiger partial charge in [-0.2, -0.15) is 0 Å². The van der Waals surface area contributed by atoms with Crippen LogP contribution in [0.5, 0.6) is 0 Å². The normalized spacial score (nSPS) is 30.7. The van der Waals surface area contributed by atoms with Crippen LogP contribution in [0.1, 0.15) is 49.8 Å². The first-order valence-corrected chi connectivity index (χ1v) is 7.50. The van der Waals surface area contributed by atoms with Gasteiger partial charge >= 0.3 is 0 Å². The van der Waals surface area contributed by atoms with Gasteiger partial charge in [0.05, 0.1) is 11.1 Å². The summed E-state index contributed by atoms with van der Waals surface area (Å²) in [5, 5.41) is 3.90. The van der Waals surface area contributed by atoms with E-state index in [4.69, 9.17) is 0 Å². The molecule has 1 aliphatic carbocycles. The van der Waals surface area contributed by atoms with Gasteiger partial charge in [-0.25, -0.2) is 0 Å². The van der Waals surface area contributed by atoms with Crippen molar-refractivity contribution in [2.24, 2.45) is 5.92 Å². The van der Waals surface area contributed by atoms with E-state index >= 15 is 0 Å². The van der Waals surface area contributed by atoms with Crippen LogP contribution in [-0.4, -0.2) is 12.5 Å². The van der Waals surface area contributed by atoms with Crippen LogP contribution >= 0.6 is 0 Å².